The van der Waals surface area contributed by atoms with Gasteiger partial charge in [-0.15, -0.1) is 0 Å². The number of nitrogens with one attached hydrogen (secondary N) is 6. The minimum atomic E-state index is -1.25. The smallest absolute Gasteiger partial charge is 0.246 e. The Morgan fingerprint density at radius 1 is 0.404 bits per heavy atom. The van der Waals surface area contributed by atoms with Crippen LogP contribution in [-0.2, 0) is 66.9 Å². The molecule has 6 unspecified atom stereocenters. The van der Waals surface area contributed by atoms with Crippen molar-refractivity contribution in [3.05, 3.63) is 0 Å². The summed E-state index contributed by atoms with van der Waals surface area (Å²) in [7, 11) is 0. The highest BCUT2D eigenvalue weighted by Crippen LogP contribution is 2.26. The number of hydrogen-bond acceptors (Lipinski definition) is 18. The number of carbonyl (C=O) groups is 10. The second-order valence-electron chi connectivity index (χ2n) is 23.1. The van der Waals surface area contributed by atoms with Crippen molar-refractivity contribution < 1.29 is 66.9 Å². The number of likely N-dealkylation sites (tertiary alicyclic amines) is 4. The average molecular weight is 1330 g/mol. The van der Waals surface area contributed by atoms with Crippen LogP contribution in [0.1, 0.15) is 117 Å². The molecular weight excluding hydrogens is 1230 g/mol. The van der Waals surface area contributed by atoms with E-state index < -0.39 is 101 Å². The van der Waals surface area contributed by atoms with Gasteiger partial charge in [0.15, 0.2) is 23.8 Å². The number of carbonyl (C=O) groups excluding carboxylic acids is 10. The molecule has 0 aromatic carbocycles. The predicted octanol–water partition coefficient (Wildman–Crippen LogP) is -6.56. The molecule has 0 aromatic rings. The van der Waals surface area contributed by atoms with Gasteiger partial charge in [-0.25, -0.2) is 0 Å². The maximum Gasteiger partial charge on any atom is 0.246 e. The first-order valence-corrected chi connectivity index (χ1v) is 32.5. The van der Waals surface area contributed by atoms with Gasteiger partial charge < -0.3 is 116 Å². The lowest BCUT2D eigenvalue weighted by Crippen LogP contribution is -2.59. The summed E-state index contributed by atoms with van der Waals surface area (Å²) in [5.74, 6) is -5.89. The lowest BCUT2D eigenvalue weighted by molar-refractivity contribution is -0.146. The minimum absolute atomic E-state index is 0.00295. The minimum Gasteiger partial charge on any atom is -0.377 e. The van der Waals surface area contributed by atoms with Crippen LogP contribution in [0.3, 0.4) is 0 Å². The second kappa shape index (κ2) is 42.8. The van der Waals surface area contributed by atoms with Crippen molar-refractivity contribution in [2.45, 2.75) is 165 Å². The monoisotopic (exact) mass is 1330 g/mol. The maximum atomic E-state index is 14.9. The van der Waals surface area contributed by atoms with Gasteiger partial charge in [-0.1, -0.05) is 0 Å². The van der Waals surface area contributed by atoms with E-state index in [1.807, 2.05) is 0 Å². The van der Waals surface area contributed by atoms with Crippen molar-refractivity contribution in [2.24, 2.45) is 65.8 Å². The van der Waals surface area contributed by atoms with Gasteiger partial charge in [0.25, 0.3) is 0 Å². The first-order valence-electron chi connectivity index (χ1n) is 32.5. The Morgan fingerprint density at radius 3 is 0.989 bits per heavy atom. The van der Waals surface area contributed by atoms with Crippen molar-refractivity contribution in [2.75, 3.05) is 118 Å². The zero-order chi connectivity index (χ0) is 69.0. The highest BCUT2D eigenvalue weighted by atomic mass is 16.5. The third-order valence-electron chi connectivity index (χ3n) is 16.0. The molecule has 4 saturated heterocycles. The molecule has 4 aliphatic rings. The topological polar surface area (TPSA) is 550 Å². The molecule has 4 rings (SSSR count). The molecule has 4 heterocycles. The summed E-state index contributed by atoms with van der Waals surface area (Å²) in [4.78, 5) is 161. The fourth-order valence-electron chi connectivity index (χ4n) is 11.5. The fourth-order valence-corrected chi connectivity index (χ4v) is 11.5. The Morgan fingerprint density at radius 2 is 0.691 bits per heavy atom. The number of amides is 10. The van der Waals surface area contributed by atoms with E-state index in [1.54, 1.807) is 6.92 Å². The third kappa shape index (κ3) is 27.7. The molecule has 94 heavy (non-hydrogen) atoms. The molecule has 0 aliphatic carbocycles. The van der Waals surface area contributed by atoms with Crippen LogP contribution in [0.15, 0.2) is 20.0 Å². The van der Waals surface area contributed by atoms with Crippen LogP contribution in [-0.4, -0.2) is 269 Å². The summed E-state index contributed by atoms with van der Waals surface area (Å²) in [6, 6.07) is -8.67. The number of guanidine groups is 4. The van der Waals surface area contributed by atoms with E-state index >= 15 is 0 Å². The molecule has 530 valence electrons. The van der Waals surface area contributed by atoms with Crippen LogP contribution in [0, 0.1) is 0 Å². The number of hydrogen-bond donors (Lipinski definition) is 14. The van der Waals surface area contributed by atoms with Crippen LogP contribution < -0.4 is 77.8 Å². The Balaban J connectivity index is 1.44. The van der Waals surface area contributed by atoms with Crippen molar-refractivity contribution in [1.82, 2.24) is 51.5 Å². The van der Waals surface area contributed by atoms with Crippen LogP contribution in [0.4, 0.5) is 0 Å². The molecule has 0 bridgehead atoms. The normalized spacial score (nSPS) is 18.8. The van der Waals surface area contributed by atoms with Gasteiger partial charge in [0.05, 0.1) is 39.6 Å². The standard InChI is InChI=1S/C58H104N22O14/c1-3-91-36-46(82)67-24-30-92-32-34-94-35-33-93-31-25-68-47(83)42-16-8-26-77(42)52(88)39(13-5-21-70-56(61)62)74-49(85)44-18-10-28-79(44)54(90)41(15-7-23-72-58(65)66)76-50(86)45-19-11-29-80(45)53(89)40(14-6-22-71-57(63)64)75-48(84)43-17-9-27-78(43)51(87)38(73-37(2)81)12-4-20-69-55(59)60/h38-45H,3-36H2,1-2H3,(H,67,82)(H,68,83)(H,73,81)(H,74,85)(H,75,84)(H,76,86)(H4,59,60,69)(H4,61,62,70)(H4,63,64,71)(H4,65,66,72)/t38?,39?,40?,41?,42-,43?,44?,45-/m1/s1. The Kier molecular flexibility index (Phi) is 35.5. The van der Waals surface area contributed by atoms with Crippen LogP contribution in [0.2, 0.25) is 0 Å². The fraction of sp³-hybridized carbons (Fsp3) is 0.759. The SMILES string of the molecule is CCOCC(=O)NCCOCCOCCOCCNC(=O)[C@H]1CCCN1C(=O)C(CCCN=C(N)N)NC(=O)C1CCCN1C(=O)C(CCCN=C(N)N)NC(=O)[C@H]1CCCN1C(=O)C(CCCN=C(N)N)NC(=O)C1CCCN1C(=O)C(CCCN=C(N)N)NC(C)=O. The lowest BCUT2D eigenvalue weighted by Gasteiger charge is -2.33. The van der Waals surface area contributed by atoms with Crippen LogP contribution in [0.25, 0.3) is 0 Å². The van der Waals surface area contributed by atoms with Gasteiger partial charge in [-0.3, -0.25) is 67.9 Å². The number of rotatable bonds is 43. The van der Waals surface area contributed by atoms with Crippen molar-refractivity contribution in [3.8, 4) is 0 Å². The molecule has 4 aliphatic heterocycles. The van der Waals surface area contributed by atoms with Gasteiger partial charge in [0.2, 0.25) is 59.1 Å². The van der Waals surface area contributed by atoms with Crippen molar-refractivity contribution in [1.29, 1.82) is 0 Å². The van der Waals surface area contributed by atoms with Crippen molar-refractivity contribution >= 4 is 82.9 Å². The van der Waals surface area contributed by atoms with Gasteiger partial charge in [-0.05, 0) is 110 Å². The summed E-state index contributed by atoms with van der Waals surface area (Å²) in [5, 5.41) is 16.8. The van der Waals surface area contributed by atoms with Gasteiger partial charge >= 0.3 is 0 Å². The van der Waals surface area contributed by atoms with E-state index in [0.717, 1.165) is 0 Å². The molecule has 4 fully saturated rings. The number of nitrogens with zero attached hydrogens (tertiary/aromatic N) is 8. The quantitative estimate of drug-likeness (QED) is 0.0153. The van der Waals surface area contributed by atoms with Gasteiger partial charge in [0.1, 0.15) is 54.9 Å². The van der Waals surface area contributed by atoms with Crippen LogP contribution in [0.5, 0.6) is 0 Å². The Hall–Kier alpha value is -8.38. The summed E-state index contributed by atoms with van der Waals surface area (Å²) < 4.78 is 21.6. The maximum absolute atomic E-state index is 14.9. The van der Waals surface area contributed by atoms with E-state index in [2.05, 4.69) is 51.9 Å². The summed E-state index contributed by atoms with van der Waals surface area (Å²) in [6.07, 6.45) is 4.11. The van der Waals surface area contributed by atoms with E-state index in [1.165, 1.54) is 26.5 Å². The highest BCUT2D eigenvalue weighted by Gasteiger charge is 2.45. The molecular formula is C58H104N22O14. The first kappa shape index (κ1) is 78.1. The lowest BCUT2D eigenvalue weighted by atomic mass is 10.0. The molecule has 36 nitrogen and oxygen atoms in total. The average Bonchev–Trinajstić information content (AvgIpc) is 1.61. The zero-order valence-corrected chi connectivity index (χ0v) is 54.6. The van der Waals surface area contributed by atoms with E-state index in [-0.39, 0.29) is 179 Å². The molecule has 10 amide bonds. The summed E-state index contributed by atoms with van der Waals surface area (Å²) in [5.41, 5.74) is 44.5. The number of nitrogens with two attached hydrogens (primary N) is 8. The van der Waals surface area contributed by atoms with Crippen molar-refractivity contribution in [3.63, 3.8) is 0 Å². The second-order valence-corrected chi connectivity index (χ2v) is 23.1. The molecule has 0 spiro atoms. The Bertz CT molecular complexity index is 2600. The molecule has 8 atom stereocenters. The molecule has 22 N–H and O–H groups in total. The molecule has 36 heteroatoms. The largest absolute Gasteiger partial charge is 0.377 e. The zero-order valence-electron chi connectivity index (χ0n) is 54.6. The number of aliphatic imine (C=N–C) groups is 4. The predicted molar refractivity (Wildman–Crippen MR) is 347 cm³/mol. The molecule has 0 radical (unpaired) electrons. The van der Waals surface area contributed by atoms with Gasteiger partial charge in [-0.2, -0.15) is 0 Å². The molecule has 0 aromatic heterocycles. The van der Waals surface area contributed by atoms with E-state index in [9.17, 15) is 47.9 Å². The highest BCUT2D eigenvalue weighted by molar-refractivity contribution is 5.99. The van der Waals surface area contributed by atoms with Gasteiger partial charge in [0, 0.05) is 79.0 Å². The summed E-state index contributed by atoms with van der Waals surface area (Å²) in [6.45, 7) is 6.85. The summed E-state index contributed by atoms with van der Waals surface area (Å²) >= 11 is 0. The number of ether oxygens (including phenoxy) is 4. The van der Waals surface area contributed by atoms with E-state index in [0.29, 0.717) is 71.5 Å². The molecule has 0 saturated carbocycles. The third-order valence-corrected chi connectivity index (χ3v) is 16.0. The Labute approximate surface area is 548 Å². The van der Waals surface area contributed by atoms with Crippen LogP contribution >= 0.6 is 0 Å². The van der Waals surface area contributed by atoms with E-state index in [4.69, 9.17) is 64.8 Å². The first-order chi connectivity index (χ1) is 45.0.